The van der Waals surface area contributed by atoms with E-state index in [0.717, 1.165) is 6.42 Å². The van der Waals surface area contributed by atoms with E-state index in [1.807, 2.05) is 24.3 Å². The number of rotatable bonds is 3. The highest BCUT2D eigenvalue weighted by Gasteiger charge is 2.13. The molecule has 1 unspecified atom stereocenters. The quantitative estimate of drug-likeness (QED) is 0.544. The van der Waals surface area contributed by atoms with Gasteiger partial charge in [-0.2, -0.15) is 0 Å². The van der Waals surface area contributed by atoms with E-state index in [0.29, 0.717) is 5.56 Å². The van der Waals surface area contributed by atoms with E-state index in [1.165, 1.54) is 22.4 Å². The normalized spacial score (nSPS) is 12.5. The molecule has 3 rings (SSSR count). The van der Waals surface area contributed by atoms with E-state index in [1.54, 1.807) is 6.07 Å². The Morgan fingerprint density at radius 1 is 0.850 bits per heavy atom. The summed E-state index contributed by atoms with van der Waals surface area (Å²) in [5.41, 5.74) is 1.94. The van der Waals surface area contributed by atoms with Crippen LogP contribution in [0.3, 0.4) is 0 Å². The van der Waals surface area contributed by atoms with Gasteiger partial charge in [0.2, 0.25) is 0 Å². The smallest absolute Gasteiger partial charge is 0.127 e. The van der Waals surface area contributed by atoms with Crippen molar-refractivity contribution < 1.29 is 4.39 Å². The van der Waals surface area contributed by atoms with Gasteiger partial charge in [0.1, 0.15) is 5.82 Å². The standard InChI is InChI=1S/C18H14BrF/c19-17(16-10-3-4-11-18(16)20)12-14-8-5-7-13-6-1-2-9-15(13)14/h1-11,17H,12H2. The summed E-state index contributed by atoms with van der Waals surface area (Å²) >= 11 is 3.62. The van der Waals surface area contributed by atoms with Crippen LogP contribution in [0.2, 0.25) is 0 Å². The third kappa shape index (κ3) is 2.61. The third-order valence-electron chi connectivity index (χ3n) is 3.52. The van der Waals surface area contributed by atoms with Crippen LogP contribution in [-0.2, 0) is 6.42 Å². The van der Waals surface area contributed by atoms with Gasteiger partial charge in [-0.05, 0) is 28.8 Å². The third-order valence-corrected chi connectivity index (χ3v) is 4.34. The van der Waals surface area contributed by atoms with E-state index in [4.69, 9.17) is 0 Å². The van der Waals surface area contributed by atoms with Gasteiger partial charge in [0, 0.05) is 10.4 Å². The minimum atomic E-state index is -0.158. The molecule has 0 N–H and O–H groups in total. The summed E-state index contributed by atoms with van der Waals surface area (Å²) in [4.78, 5) is -0.0190. The van der Waals surface area contributed by atoms with Crippen molar-refractivity contribution in [2.75, 3.05) is 0 Å². The van der Waals surface area contributed by atoms with Crippen LogP contribution in [-0.4, -0.2) is 0 Å². The Morgan fingerprint density at radius 2 is 1.55 bits per heavy atom. The molecule has 0 amide bonds. The van der Waals surface area contributed by atoms with Crippen LogP contribution < -0.4 is 0 Å². The molecule has 0 saturated carbocycles. The molecule has 0 aliphatic carbocycles. The minimum Gasteiger partial charge on any atom is -0.207 e. The predicted molar refractivity (Wildman–Crippen MR) is 85.7 cm³/mol. The fourth-order valence-corrected chi connectivity index (χ4v) is 3.22. The van der Waals surface area contributed by atoms with Gasteiger partial charge in [-0.15, -0.1) is 0 Å². The second-order valence-electron chi connectivity index (χ2n) is 4.83. The molecule has 0 aromatic heterocycles. The Morgan fingerprint density at radius 3 is 2.40 bits per heavy atom. The lowest BCUT2D eigenvalue weighted by molar-refractivity contribution is 0.608. The highest BCUT2D eigenvalue weighted by atomic mass is 79.9. The molecule has 0 nitrogen and oxygen atoms in total. The molecular formula is C18H14BrF. The second kappa shape index (κ2) is 5.76. The molecule has 3 aromatic rings. The number of fused-ring (bicyclic) bond motifs is 1. The Bertz CT molecular complexity index is 731. The first-order valence-corrected chi connectivity index (χ1v) is 7.52. The number of hydrogen-bond acceptors (Lipinski definition) is 0. The Kier molecular flexibility index (Phi) is 3.83. The Labute approximate surface area is 126 Å². The van der Waals surface area contributed by atoms with Gasteiger partial charge in [-0.25, -0.2) is 4.39 Å². The van der Waals surface area contributed by atoms with Crippen molar-refractivity contribution in [2.24, 2.45) is 0 Å². The van der Waals surface area contributed by atoms with Gasteiger partial charge in [0.05, 0.1) is 0 Å². The molecule has 0 saturated heterocycles. The van der Waals surface area contributed by atoms with Crippen molar-refractivity contribution in [1.29, 1.82) is 0 Å². The van der Waals surface area contributed by atoms with Crippen molar-refractivity contribution in [3.8, 4) is 0 Å². The van der Waals surface area contributed by atoms with Gasteiger partial charge in [-0.1, -0.05) is 76.6 Å². The average Bonchev–Trinajstić information content (AvgIpc) is 2.48. The summed E-state index contributed by atoms with van der Waals surface area (Å²) in [7, 11) is 0. The first kappa shape index (κ1) is 13.3. The van der Waals surface area contributed by atoms with Crippen LogP contribution in [0.4, 0.5) is 4.39 Å². The number of halogens is 2. The van der Waals surface area contributed by atoms with Crippen molar-refractivity contribution in [2.45, 2.75) is 11.2 Å². The molecule has 0 aliphatic heterocycles. The second-order valence-corrected chi connectivity index (χ2v) is 5.94. The van der Waals surface area contributed by atoms with Crippen LogP contribution in [0.5, 0.6) is 0 Å². The van der Waals surface area contributed by atoms with E-state index >= 15 is 0 Å². The maximum atomic E-state index is 13.8. The zero-order valence-corrected chi connectivity index (χ0v) is 12.5. The first-order valence-electron chi connectivity index (χ1n) is 6.61. The molecule has 2 heteroatoms. The fraction of sp³-hybridized carbons (Fsp3) is 0.111. The highest BCUT2D eigenvalue weighted by molar-refractivity contribution is 9.09. The van der Waals surface area contributed by atoms with Crippen LogP contribution in [0.25, 0.3) is 10.8 Å². The van der Waals surface area contributed by atoms with E-state index in [9.17, 15) is 4.39 Å². The summed E-state index contributed by atoms with van der Waals surface area (Å²) in [5.74, 6) is -0.158. The summed E-state index contributed by atoms with van der Waals surface area (Å²) in [6.45, 7) is 0. The molecule has 0 aliphatic rings. The van der Waals surface area contributed by atoms with E-state index in [2.05, 4.69) is 46.3 Å². The lowest BCUT2D eigenvalue weighted by Crippen LogP contribution is -1.99. The van der Waals surface area contributed by atoms with Gasteiger partial charge in [0.25, 0.3) is 0 Å². The van der Waals surface area contributed by atoms with Crippen molar-refractivity contribution in [3.05, 3.63) is 83.7 Å². The number of benzene rings is 3. The Balaban J connectivity index is 1.96. The molecule has 1 atom stereocenters. The lowest BCUT2D eigenvalue weighted by Gasteiger charge is -2.13. The van der Waals surface area contributed by atoms with E-state index < -0.39 is 0 Å². The summed E-state index contributed by atoms with van der Waals surface area (Å²) in [6.07, 6.45) is 0.766. The van der Waals surface area contributed by atoms with Gasteiger partial charge < -0.3 is 0 Å². The maximum Gasteiger partial charge on any atom is 0.127 e. The molecule has 0 heterocycles. The maximum absolute atomic E-state index is 13.8. The lowest BCUT2D eigenvalue weighted by atomic mass is 9.98. The predicted octanol–water partition coefficient (Wildman–Crippen LogP) is 5.66. The van der Waals surface area contributed by atoms with Crippen LogP contribution in [0.15, 0.2) is 66.7 Å². The summed E-state index contributed by atoms with van der Waals surface area (Å²) in [6, 6.07) is 21.5. The minimum absolute atomic E-state index is 0.0190. The molecule has 0 bridgehead atoms. The SMILES string of the molecule is Fc1ccccc1C(Br)Cc1cccc2ccccc12. The average molecular weight is 329 g/mol. The molecule has 0 radical (unpaired) electrons. The molecular weight excluding hydrogens is 315 g/mol. The molecule has 0 spiro atoms. The Hall–Kier alpha value is -1.67. The van der Waals surface area contributed by atoms with Crippen molar-refractivity contribution >= 4 is 26.7 Å². The van der Waals surface area contributed by atoms with Gasteiger partial charge >= 0.3 is 0 Å². The van der Waals surface area contributed by atoms with Gasteiger partial charge in [-0.3, -0.25) is 0 Å². The largest absolute Gasteiger partial charge is 0.207 e. The molecule has 0 fully saturated rings. The summed E-state index contributed by atoms with van der Waals surface area (Å²) < 4.78 is 13.8. The zero-order chi connectivity index (χ0) is 13.9. The van der Waals surface area contributed by atoms with Crippen LogP contribution in [0.1, 0.15) is 16.0 Å². The number of hydrogen-bond donors (Lipinski definition) is 0. The monoisotopic (exact) mass is 328 g/mol. The van der Waals surface area contributed by atoms with E-state index in [-0.39, 0.29) is 10.6 Å². The van der Waals surface area contributed by atoms with Crippen molar-refractivity contribution in [1.82, 2.24) is 0 Å². The highest BCUT2D eigenvalue weighted by Crippen LogP contribution is 2.31. The molecule has 3 aromatic carbocycles. The first-order chi connectivity index (χ1) is 9.75. The number of alkyl halides is 1. The summed E-state index contributed by atoms with van der Waals surface area (Å²) in [5, 5.41) is 2.45. The van der Waals surface area contributed by atoms with Crippen LogP contribution in [0, 0.1) is 5.82 Å². The topological polar surface area (TPSA) is 0 Å². The molecule has 20 heavy (non-hydrogen) atoms. The van der Waals surface area contributed by atoms with Crippen LogP contribution >= 0.6 is 15.9 Å². The molecule has 100 valence electrons. The van der Waals surface area contributed by atoms with Gasteiger partial charge in [0.15, 0.2) is 0 Å². The zero-order valence-electron chi connectivity index (χ0n) is 10.9. The fourth-order valence-electron chi connectivity index (χ4n) is 2.50. The van der Waals surface area contributed by atoms with Crippen molar-refractivity contribution in [3.63, 3.8) is 0 Å².